The van der Waals surface area contributed by atoms with E-state index >= 15 is 0 Å². The van der Waals surface area contributed by atoms with E-state index < -0.39 is 35.7 Å². The smallest absolute Gasteiger partial charge is 0.364 e. The molecule has 0 unspecified atom stereocenters. The van der Waals surface area contributed by atoms with Crippen LogP contribution in [-0.4, -0.2) is 29.1 Å². The van der Waals surface area contributed by atoms with Gasteiger partial charge in [0.25, 0.3) is 0 Å². The van der Waals surface area contributed by atoms with Crippen molar-refractivity contribution in [2.75, 3.05) is 0 Å². The number of rotatable bonds is 4. The molecule has 2 aromatic rings. The van der Waals surface area contributed by atoms with E-state index in [9.17, 15) is 13.2 Å². The maximum atomic E-state index is 12.9. The zero-order chi connectivity index (χ0) is 25.3. The minimum atomic E-state index is -4.40. The zero-order valence-corrected chi connectivity index (χ0v) is 20.4. The topological polar surface area (TPSA) is 72.2 Å². The largest absolute Gasteiger partial charge is 0.416 e. The van der Waals surface area contributed by atoms with Crippen molar-refractivity contribution in [1.29, 1.82) is 0 Å². The van der Waals surface area contributed by atoms with E-state index in [1.54, 1.807) is 0 Å². The predicted octanol–water partition coefficient (Wildman–Crippen LogP) is 6.09. The fourth-order valence-electron chi connectivity index (χ4n) is 6.65. The van der Waals surface area contributed by atoms with Crippen LogP contribution in [0.3, 0.4) is 0 Å². The normalized spacial score (nSPS) is 40.1. The van der Waals surface area contributed by atoms with E-state index in [1.807, 2.05) is 6.92 Å². The van der Waals surface area contributed by atoms with Crippen molar-refractivity contribution in [2.45, 2.75) is 83.2 Å². The molecular formula is C26H30F3NO6. The van der Waals surface area contributed by atoms with Crippen LogP contribution in [0.15, 0.2) is 35.1 Å². The molecule has 7 nitrogen and oxygen atoms in total. The van der Waals surface area contributed by atoms with Crippen LogP contribution < -0.4 is 0 Å². The first-order valence-electron chi connectivity index (χ1n) is 12.5. The molecule has 5 aliphatic rings. The lowest BCUT2D eigenvalue weighted by Gasteiger charge is -2.60. The van der Waals surface area contributed by atoms with Gasteiger partial charge in [0.15, 0.2) is 18.2 Å². The highest BCUT2D eigenvalue weighted by Gasteiger charge is 2.69. The highest BCUT2D eigenvalue weighted by molar-refractivity contribution is 5.62. The summed E-state index contributed by atoms with van der Waals surface area (Å²) in [7, 11) is 0. The second-order valence-electron chi connectivity index (χ2n) is 10.8. The maximum Gasteiger partial charge on any atom is 0.416 e. The Kier molecular flexibility index (Phi) is 5.77. The fourth-order valence-corrected chi connectivity index (χ4v) is 6.65. The Morgan fingerprint density at radius 3 is 2.58 bits per heavy atom. The van der Waals surface area contributed by atoms with Crippen molar-refractivity contribution in [3.63, 3.8) is 0 Å². The first-order valence-corrected chi connectivity index (χ1v) is 12.5. The highest BCUT2D eigenvalue weighted by atomic mass is 19.4. The number of benzene rings is 1. The quantitative estimate of drug-likeness (QED) is 0.462. The van der Waals surface area contributed by atoms with Gasteiger partial charge in [0.05, 0.1) is 12.2 Å². The van der Waals surface area contributed by atoms with Crippen molar-refractivity contribution in [3.8, 4) is 11.3 Å². The molecule has 0 radical (unpaired) electrons. The monoisotopic (exact) mass is 509 g/mol. The van der Waals surface area contributed by atoms with Crippen LogP contribution in [0.5, 0.6) is 0 Å². The minimum Gasteiger partial charge on any atom is -0.364 e. The van der Waals surface area contributed by atoms with Gasteiger partial charge in [-0.1, -0.05) is 31.1 Å². The van der Waals surface area contributed by atoms with Gasteiger partial charge in [0.1, 0.15) is 12.0 Å². The molecule has 8 atom stereocenters. The molecule has 7 rings (SSSR count). The lowest BCUT2D eigenvalue weighted by molar-refractivity contribution is -0.577. The molecule has 5 fully saturated rings. The maximum absolute atomic E-state index is 12.9. The molecule has 0 amide bonds. The Bertz CT molecular complexity index is 1110. The molecule has 1 spiro atoms. The van der Waals surface area contributed by atoms with Crippen LogP contribution in [0.4, 0.5) is 13.2 Å². The standard InChI is InChI=1S/C26H30F3NO6/c1-14-4-9-20-15(2)22(33-23-25(20)19(14)10-11-24(3,34-23)35-36-25)31-12-17-13-32-30-21(17)16-5-7-18(8-6-16)26(27,28)29/h5-8,13-15,19-20,22-23H,4,9-12H2,1-3H3/t14-,15-,19+,20+,22+,23-,24-,25-/m1/s1. The molecule has 2 bridgehead atoms. The number of nitrogens with zero attached hydrogens (tertiary/aromatic N) is 1. The van der Waals surface area contributed by atoms with E-state index in [-0.39, 0.29) is 24.4 Å². The van der Waals surface area contributed by atoms with Crippen LogP contribution in [0.1, 0.15) is 57.6 Å². The Morgan fingerprint density at radius 2 is 1.83 bits per heavy atom. The van der Waals surface area contributed by atoms with Gasteiger partial charge in [-0.15, -0.1) is 0 Å². The van der Waals surface area contributed by atoms with Crippen LogP contribution in [-0.2, 0) is 36.8 Å². The van der Waals surface area contributed by atoms with Crippen molar-refractivity contribution >= 4 is 0 Å². The molecule has 1 aromatic carbocycles. The molecule has 1 aromatic heterocycles. The van der Waals surface area contributed by atoms with E-state index in [0.29, 0.717) is 22.7 Å². The molecule has 10 heteroatoms. The summed E-state index contributed by atoms with van der Waals surface area (Å²) in [6.45, 7) is 6.36. The molecular weight excluding hydrogens is 479 g/mol. The van der Waals surface area contributed by atoms with Crippen molar-refractivity contribution in [3.05, 3.63) is 41.7 Å². The molecule has 4 aliphatic heterocycles. The molecule has 4 saturated heterocycles. The Labute approximate surface area is 207 Å². The Balaban J connectivity index is 1.22. The first kappa shape index (κ1) is 24.4. The van der Waals surface area contributed by atoms with Gasteiger partial charge in [0.2, 0.25) is 5.79 Å². The van der Waals surface area contributed by atoms with E-state index in [4.69, 9.17) is 28.5 Å². The third-order valence-corrected chi connectivity index (χ3v) is 8.63. The Hall–Kier alpha value is -1.98. The first-order chi connectivity index (χ1) is 17.1. The van der Waals surface area contributed by atoms with Gasteiger partial charge in [-0.25, -0.2) is 9.78 Å². The summed E-state index contributed by atoms with van der Waals surface area (Å²) in [4.78, 5) is 12.0. The summed E-state index contributed by atoms with van der Waals surface area (Å²) in [5.41, 5.74) is 0.179. The SMILES string of the molecule is C[C@H]1[C@@H](OCc2conc2-c2ccc(C(F)(F)F)cc2)O[C@@H]2O[C@@]3(C)CC[C@H]4[C@H](C)CC[C@@H]1[C@@]24OO3. The zero-order valence-electron chi connectivity index (χ0n) is 20.4. The summed E-state index contributed by atoms with van der Waals surface area (Å²) >= 11 is 0. The van der Waals surface area contributed by atoms with Crippen molar-refractivity contribution in [2.24, 2.45) is 23.7 Å². The van der Waals surface area contributed by atoms with Gasteiger partial charge in [0, 0.05) is 29.4 Å². The average molecular weight is 510 g/mol. The number of aromatic nitrogens is 1. The number of hydrogen-bond donors (Lipinski definition) is 0. The number of alkyl halides is 3. The summed E-state index contributed by atoms with van der Waals surface area (Å²) < 4.78 is 63.0. The van der Waals surface area contributed by atoms with Crippen LogP contribution in [0.2, 0.25) is 0 Å². The summed E-state index contributed by atoms with van der Waals surface area (Å²) in [5, 5.41) is 4.00. The van der Waals surface area contributed by atoms with Gasteiger partial charge >= 0.3 is 6.18 Å². The average Bonchev–Trinajstić information content (AvgIpc) is 3.19. The van der Waals surface area contributed by atoms with Crippen molar-refractivity contribution < 1.29 is 41.7 Å². The molecule has 36 heavy (non-hydrogen) atoms. The summed E-state index contributed by atoms with van der Waals surface area (Å²) in [6.07, 6.45) is -0.423. The van der Waals surface area contributed by atoms with Crippen LogP contribution in [0, 0.1) is 23.7 Å². The second kappa shape index (κ2) is 8.52. The molecule has 1 saturated carbocycles. The Morgan fingerprint density at radius 1 is 1.06 bits per heavy atom. The number of fused-ring (bicyclic) bond motifs is 2. The van der Waals surface area contributed by atoms with Gasteiger partial charge in [-0.2, -0.15) is 13.2 Å². The number of hydrogen-bond acceptors (Lipinski definition) is 7. The minimum absolute atomic E-state index is 0.000264. The fraction of sp³-hybridized carbons (Fsp3) is 0.654. The lowest BCUT2D eigenvalue weighted by atomic mass is 9.58. The van der Waals surface area contributed by atoms with Gasteiger partial charge < -0.3 is 18.7 Å². The van der Waals surface area contributed by atoms with Crippen molar-refractivity contribution in [1.82, 2.24) is 5.16 Å². The van der Waals surface area contributed by atoms with Crippen LogP contribution in [0.25, 0.3) is 11.3 Å². The summed E-state index contributed by atoms with van der Waals surface area (Å²) in [5.74, 6) is -0.0131. The second-order valence-corrected chi connectivity index (χ2v) is 10.8. The van der Waals surface area contributed by atoms with Gasteiger partial charge in [-0.05, 0) is 50.2 Å². The highest BCUT2D eigenvalue weighted by Crippen LogP contribution is 2.60. The van der Waals surface area contributed by atoms with E-state index in [1.165, 1.54) is 18.4 Å². The number of halogens is 3. The molecule has 5 heterocycles. The molecule has 0 N–H and O–H groups in total. The predicted molar refractivity (Wildman–Crippen MR) is 119 cm³/mol. The van der Waals surface area contributed by atoms with Gasteiger partial charge in [-0.3, -0.25) is 0 Å². The molecule has 1 aliphatic carbocycles. The number of ether oxygens (including phenoxy) is 3. The third-order valence-electron chi connectivity index (χ3n) is 8.63. The van der Waals surface area contributed by atoms with Crippen LogP contribution >= 0.6 is 0 Å². The molecule has 196 valence electrons. The van der Waals surface area contributed by atoms with E-state index in [0.717, 1.165) is 37.8 Å². The lowest BCUT2D eigenvalue weighted by Crippen LogP contribution is -2.70. The van der Waals surface area contributed by atoms with E-state index in [2.05, 4.69) is 19.0 Å². The third kappa shape index (κ3) is 3.80. The summed E-state index contributed by atoms with van der Waals surface area (Å²) in [6, 6.07) is 4.82.